The minimum atomic E-state index is 0.638. The Morgan fingerprint density at radius 2 is 1.86 bits per heavy atom. The molecular weight excluding hydrogens is 362 g/mol. The standard InChI is InChI=1S/C22H25N7/c1-16-6-4-5-13-28(16)15-18-11-9-17(10-12-18)14-23-21-22-25-26-27-29(22)20-8-3-2-7-19(20)24-21/h2-3,7-12,16H,4-6,13-15H2,1H3,(H,23,24). The Morgan fingerprint density at radius 3 is 2.72 bits per heavy atom. The van der Waals surface area contributed by atoms with Gasteiger partial charge in [-0.3, -0.25) is 4.90 Å². The Labute approximate surface area is 169 Å². The number of hydrogen-bond donors (Lipinski definition) is 1. The van der Waals surface area contributed by atoms with Crippen LogP contribution in [0.25, 0.3) is 16.7 Å². The van der Waals surface area contributed by atoms with E-state index in [0.29, 0.717) is 24.1 Å². The van der Waals surface area contributed by atoms with E-state index in [1.54, 1.807) is 4.52 Å². The number of para-hydroxylation sites is 2. The zero-order chi connectivity index (χ0) is 19.6. The lowest BCUT2D eigenvalue weighted by atomic mass is 10.0. The summed E-state index contributed by atoms with van der Waals surface area (Å²) < 4.78 is 1.73. The Balaban J connectivity index is 1.30. The van der Waals surface area contributed by atoms with Gasteiger partial charge in [0.2, 0.25) is 5.65 Å². The molecule has 1 aliphatic heterocycles. The molecule has 148 valence electrons. The molecule has 2 aromatic carbocycles. The molecule has 0 aliphatic carbocycles. The van der Waals surface area contributed by atoms with Crippen LogP contribution in [-0.4, -0.2) is 42.5 Å². The van der Waals surface area contributed by atoms with Crippen molar-refractivity contribution in [2.75, 3.05) is 11.9 Å². The van der Waals surface area contributed by atoms with Gasteiger partial charge in [0, 0.05) is 19.1 Å². The molecule has 1 atom stereocenters. The molecule has 1 saturated heterocycles. The number of likely N-dealkylation sites (tertiary alicyclic amines) is 1. The first-order chi connectivity index (χ1) is 14.3. The summed E-state index contributed by atoms with van der Waals surface area (Å²) in [4.78, 5) is 7.30. The van der Waals surface area contributed by atoms with Gasteiger partial charge in [-0.15, -0.1) is 5.10 Å². The van der Waals surface area contributed by atoms with E-state index in [1.165, 1.54) is 36.9 Å². The van der Waals surface area contributed by atoms with Gasteiger partial charge in [0.25, 0.3) is 0 Å². The van der Waals surface area contributed by atoms with Crippen LogP contribution < -0.4 is 5.32 Å². The predicted molar refractivity (Wildman–Crippen MR) is 114 cm³/mol. The van der Waals surface area contributed by atoms with Crippen LogP contribution in [0.1, 0.15) is 37.3 Å². The highest BCUT2D eigenvalue weighted by Gasteiger charge is 2.18. The minimum Gasteiger partial charge on any atom is -0.363 e. The average Bonchev–Trinajstić information content (AvgIpc) is 3.25. The van der Waals surface area contributed by atoms with E-state index in [2.05, 4.69) is 56.9 Å². The number of benzene rings is 2. The third kappa shape index (κ3) is 3.65. The number of piperidine rings is 1. The first kappa shape index (κ1) is 18.0. The van der Waals surface area contributed by atoms with Crippen LogP contribution in [0.4, 0.5) is 5.82 Å². The van der Waals surface area contributed by atoms with Crippen LogP contribution in [0, 0.1) is 0 Å². The van der Waals surface area contributed by atoms with Crippen LogP contribution in [0.15, 0.2) is 48.5 Å². The maximum atomic E-state index is 4.71. The molecular formula is C22H25N7. The Morgan fingerprint density at radius 1 is 1.03 bits per heavy atom. The summed E-state index contributed by atoms with van der Waals surface area (Å²) in [5, 5.41) is 15.5. The van der Waals surface area contributed by atoms with E-state index < -0.39 is 0 Å². The molecule has 3 heterocycles. The third-order valence-corrected chi connectivity index (χ3v) is 5.83. The molecule has 1 fully saturated rings. The summed E-state index contributed by atoms with van der Waals surface area (Å²) in [5.41, 5.74) is 4.98. The molecule has 0 bridgehead atoms. The van der Waals surface area contributed by atoms with Crippen LogP contribution >= 0.6 is 0 Å². The van der Waals surface area contributed by atoms with Crippen LogP contribution in [-0.2, 0) is 13.1 Å². The zero-order valence-electron chi connectivity index (χ0n) is 16.6. The van der Waals surface area contributed by atoms with Crippen LogP contribution in [0.2, 0.25) is 0 Å². The Kier molecular flexibility index (Phi) is 4.81. The predicted octanol–water partition coefficient (Wildman–Crippen LogP) is 3.66. The summed E-state index contributed by atoms with van der Waals surface area (Å²) in [7, 11) is 0. The number of nitrogens with one attached hydrogen (secondary N) is 1. The summed E-state index contributed by atoms with van der Waals surface area (Å²) in [6, 6.07) is 17.4. The highest BCUT2D eigenvalue weighted by atomic mass is 15.5. The molecule has 5 rings (SSSR count). The highest BCUT2D eigenvalue weighted by molar-refractivity contribution is 5.81. The second-order valence-corrected chi connectivity index (χ2v) is 7.85. The number of fused-ring (bicyclic) bond motifs is 3. The monoisotopic (exact) mass is 387 g/mol. The van der Waals surface area contributed by atoms with Crippen molar-refractivity contribution in [3.63, 3.8) is 0 Å². The van der Waals surface area contributed by atoms with E-state index in [-0.39, 0.29) is 0 Å². The quantitative estimate of drug-likeness (QED) is 0.563. The van der Waals surface area contributed by atoms with Gasteiger partial charge in [-0.05, 0) is 60.0 Å². The van der Waals surface area contributed by atoms with E-state index in [1.807, 2.05) is 24.3 Å². The van der Waals surface area contributed by atoms with Crippen LogP contribution in [0.3, 0.4) is 0 Å². The Hall–Kier alpha value is -3.06. The first-order valence-corrected chi connectivity index (χ1v) is 10.3. The van der Waals surface area contributed by atoms with E-state index in [9.17, 15) is 0 Å². The van der Waals surface area contributed by atoms with Crippen molar-refractivity contribution in [3.8, 4) is 0 Å². The lowest BCUT2D eigenvalue weighted by molar-refractivity contribution is 0.152. The number of aromatic nitrogens is 5. The molecule has 1 aliphatic rings. The fourth-order valence-electron chi connectivity index (χ4n) is 4.10. The van der Waals surface area contributed by atoms with Crippen molar-refractivity contribution in [1.82, 2.24) is 29.9 Å². The van der Waals surface area contributed by atoms with Gasteiger partial charge in [-0.1, -0.05) is 42.8 Å². The zero-order valence-corrected chi connectivity index (χ0v) is 16.6. The molecule has 1 N–H and O–H groups in total. The molecule has 0 amide bonds. The molecule has 0 radical (unpaired) electrons. The van der Waals surface area contributed by atoms with Crippen molar-refractivity contribution in [2.24, 2.45) is 0 Å². The summed E-state index contributed by atoms with van der Waals surface area (Å²) in [6.07, 6.45) is 3.99. The van der Waals surface area contributed by atoms with Gasteiger partial charge in [0.1, 0.15) is 0 Å². The smallest absolute Gasteiger partial charge is 0.222 e. The molecule has 7 nitrogen and oxygen atoms in total. The molecule has 0 spiro atoms. The number of nitrogens with zero attached hydrogens (tertiary/aromatic N) is 6. The van der Waals surface area contributed by atoms with Crippen molar-refractivity contribution < 1.29 is 0 Å². The summed E-state index contributed by atoms with van der Waals surface area (Å²) in [6.45, 7) is 5.26. The number of tetrazole rings is 1. The first-order valence-electron chi connectivity index (χ1n) is 10.3. The molecule has 4 aromatic rings. The minimum absolute atomic E-state index is 0.638. The number of anilines is 1. The fraction of sp³-hybridized carbons (Fsp3) is 0.364. The number of hydrogen-bond acceptors (Lipinski definition) is 6. The van der Waals surface area contributed by atoms with E-state index >= 15 is 0 Å². The van der Waals surface area contributed by atoms with Crippen LogP contribution in [0.5, 0.6) is 0 Å². The summed E-state index contributed by atoms with van der Waals surface area (Å²) >= 11 is 0. The number of rotatable bonds is 5. The lowest BCUT2D eigenvalue weighted by Gasteiger charge is -2.33. The maximum absolute atomic E-state index is 4.71. The van der Waals surface area contributed by atoms with Crippen molar-refractivity contribution in [3.05, 3.63) is 59.7 Å². The van der Waals surface area contributed by atoms with E-state index in [0.717, 1.165) is 17.6 Å². The van der Waals surface area contributed by atoms with Gasteiger partial charge in [-0.25, -0.2) is 4.98 Å². The maximum Gasteiger partial charge on any atom is 0.222 e. The van der Waals surface area contributed by atoms with E-state index in [4.69, 9.17) is 4.98 Å². The SMILES string of the molecule is CC1CCCCN1Cc1ccc(CNc2nc3ccccc3n3nnnc23)cc1. The van der Waals surface area contributed by atoms with Gasteiger partial charge in [0.15, 0.2) is 5.82 Å². The van der Waals surface area contributed by atoms with Gasteiger partial charge < -0.3 is 5.32 Å². The third-order valence-electron chi connectivity index (χ3n) is 5.83. The molecule has 0 saturated carbocycles. The molecule has 2 aromatic heterocycles. The summed E-state index contributed by atoms with van der Waals surface area (Å²) in [5.74, 6) is 0.694. The van der Waals surface area contributed by atoms with Gasteiger partial charge in [-0.2, -0.15) is 4.52 Å². The average molecular weight is 387 g/mol. The molecule has 29 heavy (non-hydrogen) atoms. The largest absolute Gasteiger partial charge is 0.363 e. The highest BCUT2D eigenvalue weighted by Crippen LogP contribution is 2.21. The van der Waals surface area contributed by atoms with Crippen molar-refractivity contribution in [2.45, 2.75) is 45.3 Å². The molecule has 1 unspecified atom stereocenters. The topological polar surface area (TPSA) is 71.2 Å². The fourth-order valence-corrected chi connectivity index (χ4v) is 4.10. The normalized spacial score (nSPS) is 17.8. The lowest BCUT2D eigenvalue weighted by Crippen LogP contribution is -2.36. The van der Waals surface area contributed by atoms with Crippen molar-refractivity contribution >= 4 is 22.5 Å². The second-order valence-electron chi connectivity index (χ2n) is 7.85. The second kappa shape index (κ2) is 7.75. The Bertz CT molecular complexity index is 1120. The van der Waals surface area contributed by atoms with Gasteiger partial charge in [0.05, 0.1) is 11.0 Å². The molecule has 7 heteroatoms. The van der Waals surface area contributed by atoms with Crippen molar-refractivity contribution in [1.29, 1.82) is 0 Å². The van der Waals surface area contributed by atoms with Gasteiger partial charge >= 0.3 is 0 Å².